The first-order valence-corrected chi connectivity index (χ1v) is 7.51. The molecule has 0 spiro atoms. The molecule has 4 nitrogen and oxygen atoms in total. The molecule has 2 atom stereocenters. The van der Waals surface area contributed by atoms with Crippen molar-refractivity contribution in [3.05, 3.63) is 0 Å². The lowest BCUT2D eigenvalue weighted by molar-refractivity contribution is 0.0478. The molecule has 1 fully saturated rings. The van der Waals surface area contributed by atoms with Crippen LogP contribution >= 0.6 is 11.8 Å². The van der Waals surface area contributed by atoms with Crippen LogP contribution in [0.25, 0.3) is 0 Å². The number of carbonyl (C=O) groups is 1. The van der Waals surface area contributed by atoms with Gasteiger partial charge in [0.15, 0.2) is 0 Å². The second-order valence-corrected chi connectivity index (χ2v) is 6.37. The zero-order chi connectivity index (χ0) is 12.9. The van der Waals surface area contributed by atoms with E-state index >= 15 is 0 Å². The zero-order valence-electron chi connectivity index (χ0n) is 11.2. The number of nitrogens with one attached hydrogen (secondary N) is 2. The average Bonchev–Trinajstić information content (AvgIpc) is 2.18. The molecular weight excluding hydrogens is 236 g/mol. The lowest BCUT2D eigenvalue weighted by Crippen LogP contribution is -2.51. The van der Waals surface area contributed by atoms with E-state index in [1.54, 1.807) is 0 Å². The Balaban J connectivity index is 2.44. The molecule has 5 heteroatoms. The Morgan fingerprint density at radius 1 is 1.53 bits per heavy atom. The van der Waals surface area contributed by atoms with Crippen molar-refractivity contribution in [2.24, 2.45) is 5.92 Å². The van der Waals surface area contributed by atoms with E-state index < -0.39 is 5.60 Å². The third-order valence-electron chi connectivity index (χ3n) is 2.69. The number of thioether (sulfide) groups is 1. The van der Waals surface area contributed by atoms with Crippen LogP contribution in [0.15, 0.2) is 0 Å². The SMILES string of the molecule is CSCC1CNCCC1NC(=O)OC(C)(C)C. The van der Waals surface area contributed by atoms with Gasteiger partial charge in [0.2, 0.25) is 0 Å². The van der Waals surface area contributed by atoms with Gasteiger partial charge >= 0.3 is 6.09 Å². The van der Waals surface area contributed by atoms with Crippen molar-refractivity contribution in [1.82, 2.24) is 10.6 Å². The van der Waals surface area contributed by atoms with Crippen LogP contribution in [0, 0.1) is 5.92 Å². The summed E-state index contributed by atoms with van der Waals surface area (Å²) in [7, 11) is 0. The van der Waals surface area contributed by atoms with E-state index in [1.807, 2.05) is 32.5 Å². The first-order valence-electron chi connectivity index (χ1n) is 6.11. The highest BCUT2D eigenvalue weighted by Gasteiger charge is 2.27. The number of amides is 1. The maximum atomic E-state index is 11.7. The number of carbonyl (C=O) groups excluding carboxylic acids is 1. The molecule has 0 radical (unpaired) electrons. The molecule has 0 aliphatic carbocycles. The maximum absolute atomic E-state index is 11.7. The highest BCUT2D eigenvalue weighted by molar-refractivity contribution is 7.98. The smallest absolute Gasteiger partial charge is 0.407 e. The summed E-state index contributed by atoms with van der Waals surface area (Å²) in [6.45, 7) is 7.59. The van der Waals surface area contributed by atoms with Crippen LogP contribution in [-0.2, 0) is 4.74 Å². The van der Waals surface area contributed by atoms with Gasteiger partial charge in [0.25, 0.3) is 0 Å². The highest BCUT2D eigenvalue weighted by Crippen LogP contribution is 2.16. The minimum absolute atomic E-state index is 0.235. The van der Waals surface area contributed by atoms with Gasteiger partial charge in [-0.25, -0.2) is 4.79 Å². The van der Waals surface area contributed by atoms with Crippen molar-refractivity contribution < 1.29 is 9.53 Å². The van der Waals surface area contributed by atoms with Crippen LogP contribution in [-0.4, -0.2) is 42.8 Å². The number of rotatable bonds is 3. The van der Waals surface area contributed by atoms with Crippen LogP contribution < -0.4 is 10.6 Å². The second-order valence-electron chi connectivity index (χ2n) is 5.46. The molecule has 0 aromatic heterocycles. The molecule has 17 heavy (non-hydrogen) atoms. The maximum Gasteiger partial charge on any atom is 0.407 e. The van der Waals surface area contributed by atoms with Gasteiger partial charge in [0.05, 0.1) is 0 Å². The molecule has 0 aromatic rings. The number of ether oxygens (including phenoxy) is 1. The Labute approximate surface area is 108 Å². The van der Waals surface area contributed by atoms with Crippen molar-refractivity contribution in [1.29, 1.82) is 0 Å². The monoisotopic (exact) mass is 260 g/mol. The van der Waals surface area contributed by atoms with Crippen LogP contribution in [0.5, 0.6) is 0 Å². The molecule has 2 N–H and O–H groups in total. The predicted molar refractivity (Wildman–Crippen MR) is 72.5 cm³/mol. The Morgan fingerprint density at radius 3 is 2.82 bits per heavy atom. The highest BCUT2D eigenvalue weighted by atomic mass is 32.2. The van der Waals surface area contributed by atoms with Gasteiger partial charge in [-0.2, -0.15) is 11.8 Å². The Morgan fingerprint density at radius 2 is 2.24 bits per heavy atom. The predicted octanol–water partition coefficient (Wildman–Crippen LogP) is 1.85. The summed E-state index contributed by atoms with van der Waals surface area (Å²) < 4.78 is 5.29. The fourth-order valence-corrected chi connectivity index (χ4v) is 2.74. The molecule has 1 rings (SSSR count). The van der Waals surface area contributed by atoms with Crippen LogP contribution in [0.4, 0.5) is 4.79 Å². The van der Waals surface area contributed by atoms with E-state index in [0.29, 0.717) is 5.92 Å². The summed E-state index contributed by atoms with van der Waals surface area (Å²) in [5, 5.41) is 6.36. The minimum atomic E-state index is -0.425. The van der Waals surface area contributed by atoms with E-state index in [9.17, 15) is 4.79 Å². The molecule has 2 unspecified atom stereocenters. The summed E-state index contributed by atoms with van der Waals surface area (Å²) in [5.74, 6) is 1.55. The third-order valence-corrected chi connectivity index (χ3v) is 3.45. The summed E-state index contributed by atoms with van der Waals surface area (Å²) in [6.07, 6.45) is 2.78. The lowest BCUT2D eigenvalue weighted by atomic mass is 9.95. The van der Waals surface area contributed by atoms with E-state index in [0.717, 1.165) is 25.3 Å². The van der Waals surface area contributed by atoms with Gasteiger partial charge in [0.1, 0.15) is 5.60 Å². The fourth-order valence-electron chi connectivity index (χ4n) is 1.96. The van der Waals surface area contributed by atoms with Gasteiger partial charge in [0, 0.05) is 18.5 Å². The molecule has 0 aromatic carbocycles. The van der Waals surface area contributed by atoms with Gasteiger partial charge in [-0.05, 0) is 45.7 Å². The standard InChI is InChI=1S/C12H24N2O2S/c1-12(2,3)16-11(15)14-10-5-6-13-7-9(10)8-17-4/h9-10,13H,5-8H2,1-4H3,(H,14,15). The van der Waals surface area contributed by atoms with E-state index in [2.05, 4.69) is 16.9 Å². The molecule has 1 aliphatic rings. The van der Waals surface area contributed by atoms with Gasteiger partial charge < -0.3 is 15.4 Å². The summed E-state index contributed by atoms with van der Waals surface area (Å²) in [6, 6.07) is 0.235. The molecule has 1 amide bonds. The molecule has 100 valence electrons. The molecule has 0 saturated carbocycles. The van der Waals surface area contributed by atoms with Crippen molar-refractivity contribution in [3.8, 4) is 0 Å². The molecular formula is C12H24N2O2S. The summed E-state index contributed by atoms with van der Waals surface area (Å²) in [4.78, 5) is 11.7. The summed E-state index contributed by atoms with van der Waals surface area (Å²) in [5.41, 5.74) is -0.425. The Kier molecular flexibility index (Phi) is 5.59. The number of piperidine rings is 1. The molecule has 1 saturated heterocycles. The first-order chi connectivity index (χ1) is 7.92. The normalized spacial score (nSPS) is 25.4. The van der Waals surface area contributed by atoms with Crippen molar-refractivity contribution in [2.75, 3.05) is 25.1 Å². The van der Waals surface area contributed by atoms with Crippen LogP contribution in [0.1, 0.15) is 27.2 Å². The van der Waals surface area contributed by atoms with Gasteiger partial charge in [-0.1, -0.05) is 0 Å². The number of alkyl carbamates (subject to hydrolysis) is 1. The van der Waals surface area contributed by atoms with Crippen LogP contribution in [0.3, 0.4) is 0 Å². The van der Waals surface area contributed by atoms with E-state index in [1.165, 1.54) is 0 Å². The topological polar surface area (TPSA) is 50.4 Å². The fraction of sp³-hybridized carbons (Fsp3) is 0.917. The minimum Gasteiger partial charge on any atom is -0.444 e. The van der Waals surface area contributed by atoms with E-state index in [-0.39, 0.29) is 12.1 Å². The van der Waals surface area contributed by atoms with Gasteiger partial charge in [-0.3, -0.25) is 0 Å². The summed E-state index contributed by atoms with van der Waals surface area (Å²) >= 11 is 1.82. The van der Waals surface area contributed by atoms with Gasteiger partial charge in [-0.15, -0.1) is 0 Å². The average molecular weight is 260 g/mol. The van der Waals surface area contributed by atoms with Crippen molar-refractivity contribution in [3.63, 3.8) is 0 Å². The second kappa shape index (κ2) is 6.50. The molecule has 0 bridgehead atoms. The number of hydrogen-bond donors (Lipinski definition) is 2. The van der Waals surface area contributed by atoms with Crippen LogP contribution in [0.2, 0.25) is 0 Å². The Hall–Kier alpha value is -0.420. The van der Waals surface area contributed by atoms with Crippen molar-refractivity contribution >= 4 is 17.9 Å². The van der Waals surface area contributed by atoms with E-state index in [4.69, 9.17) is 4.74 Å². The largest absolute Gasteiger partial charge is 0.444 e. The third kappa shape index (κ3) is 5.64. The number of hydrogen-bond acceptors (Lipinski definition) is 4. The molecule has 1 heterocycles. The quantitative estimate of drug-likeness (QED) is 0.813. The first kappa shape index (κ1) is 14.6. The Bertz CT molecular complexity index is 251. The van der Waals surface area contributed by atoms with Crippen molar-refractivity contribution in [2.45, 2.75) is 38.8 Å². The zero-order valence-corrected chi connectivity index (χ0v) is 12.0. The molecule has 1 aliphatic heterocycles. The lowest BCUT2D eigenvalue weighted by Gasteiger charge is -2.33.